The molecule has 1 fully saturated rings. The SMILES string of the molecule is CC(C(=O)N(O)C1CCCCC2=C1CCCC2)C1CCCCC1. The van der Waals surface area contributed by atoms with Crippen LogP contribution in [0.4, 0.5) is 0 Å². The van der Waals surface area contributed by atoms with Crippen LogP contribution in [-0.2, 0) is 4.79 Å². The molecule has 0 saturated heterocycles. The van der Waals surface area contributed by atoms with Crippen molar-refractivity contribution in [2.45, 2.75) is 96.4 Å². The fourth-order valence-electron chi connectivity index (χ4n) is 5.00. The van der Waals surface area contributed by atoms with Crippen LogP contribution in [0.15, 0.2) is 11.1 Å². The van der Waals surface area contributed by atoms with Crippen LogP contribution >= 0.6 is 0 Å². The second-order valence-electron chi connectivity index (χ2n) is 7.97. The van der Waals surface area contributed by atoms with Crippen LogP contribution in [0.1, 0.15) is 90.4 Å². The summed E-state index contributed by atoms with van der Waals surface area (Å²) in [6.45, 7) is 2.04. The molecule has 2 unspecified atom stereocenters. The molecule has 0 aliphatic heterocycles. The smallest absolute Gasteiger partial charge is 0.249 e. The molecule has 3 aliphatic rings. The van der Waals surface area contributed by atoms with Gasteiger partial charge in [0.05, 0.1) is 6.04 Å². The Morgan fingerprint density at radius 3 is 2.30 bits per heavy atom. The van der Waals surface area contributed by atoms with Gasteiger partial charge < -0.3 is 0 Å². The van der Waals surface area contributed by atoms with Gasteiger partial charge in [-0.05, 0) is 69.3 Å². The summed E-state index contributed by atoms with van der Waals surface area (Å²) in [5.74, 6) is 0.411. The first kappa shape index (κ1) is 17.0. The number of nitrogens with zero attached hydrogens (tertiary/aromatic N) is 1. The molecule has 1 N–H and O–H groups in total. The molecule has 0 aromatic rings. The highest BCUT2D eigenvalue weighted by Crippen LogP contribution is 2.38. The van der Waals surface area contributed by atoms with E-state index in [-0.39, 0.29) is 17.9 Å². The number of hydroxylamine groups is 2. The summed E-state index contributed by atoms with van der Waals surface area (Å²) < 4.78 is 0. The largest absolute Gasteiger partial charge is 0.285 e. The summed E-state index contributed by atoms with van der Waals surface area (Å²) in [7, 11) is 0. The van der Waals surface area contributed by atoms with Crippen LogP contribution in [0.5, 0.6) is 0 Å². The Morgan fingerprint density at radius 2 is 1.57 bits per heavy atom. The quantitative estimate of drug-likeness (QED) is 0.439. The molecule has 3 rings (SSSR count). The maximum absolute atomic E-state index is 12.9. The fourth-order valence-corrected chi connectivity index (χ4v) is 5.00. The van der Waals surface area contributed by atoms with Gasteiger partial charge in [0.1, 0.15) is 0 Å². The highest BCUT2D eigenvalue weighted by atomic mass is 16.5. The zero-order valence-corrected chi connectivity index (χ0v) is 14.7. The Hall–Kier alpha value is -0.830. The lowest BCUT2D eigenvalue weighted by Crippen LogP contribution is -2.44. The van der Waals surface area contributed by atoms with E-state index in [9.17, 15) is 10.0 Å². The summed E-state index contributed by atoms with van der Waals surface area (Å²) in [6.07, 6.45) is 15.3. The van der Waals surface area contributed by atoms with Crippen molar-refractivity contribution in [3.63, 3.8) is 0 Å². The lowest BCUT2D eigenvalue weighted by Gasteiger charge is -2.35. The van der Waals surface area contributed by atoms with Gasteiger partial charge in [0.2, 0.25) is 5.91 Å². The Kier molecular flexibility index (Phi) is 5.79. The summed E-state index contributed by atoms with van der Waals surface area (Å²) in [6, 6.07) is -0.0358. The first-order chi connectivity index (χ1) is 11.2. The first-order valence-corrected chi connectivity index (χ1v) is 9.91. The molecule has 3 nitrogen and oxygen atoms in total. The van der Waals surface area contributed by atoms with Gasteiger partial charge in [0.15, 0.2) is 0 Å². The summed E-state index contributed by atoms with van der Waals surface area (Å²) in [5, 5.41) is 11.9. The standard InChI is InChI=1S/C20H33NO2/c1-15(16-9-3-2-4-10-16)20(22)21(23)19-14-8-6-12-17-11-5-7-13-18(17)19/h15-16,19,23H,2-14H2,1H3. The topological polar surface area (TPSA) is 40.5 Å². The maximum atomic E-state index is 12.9. The third-order valence-corrected chi connectivity index (χ3v) is 6.50. The van der Waals surface area contributed by atoms with Gasteiger partial charge in [-0.3, -0.25) is 10.0 Å². The average molecular weight is 319 g/mol. The Balaban J connectivity index is 1.72. The van der Waals surface area contributed by atoms with E-state index < -0.39 is 0 Å². The van der Waals surface area contributed by atoms with Crippen LogP contribution in [0.25, 0.3) is 0 Å². The van der Waals surface area contributed by atoms with E-state index in [1.165, 1.54) is 56.9 Å². The molecule has 0 heterocycles. The Bertz CT molecular complexity index is 451. The monoisotopic (exact) mass is 319 g/mol. The van der Waals surface area contributed by atoms with E-state index in [2.05, 4.69) is 0 Å². The van der Waals surface area contributed by atoms with E-state index in [0.717, 1.165) is 37.2 Å². The van der Waals surface area contributed by atoms with Gasteiger partial charge in [-0.2, -0.15) is 0 Å². The van der Waals surface area contributed by atoms with Gasteiger partial charge in [-0.25, -0.2) is 5.06 Å². The fraction of sp³-hybridized carbons (Fsp3) is 0.850. The van der Waals surface area contributed by atoms with Gasteiger partial charge in [-0.1, -0.05) is 38.2 Å². The number of hydrogen-bond acceptors (Lipinski definition) is 2. The summed E-state index contributed by atoms with van der Waals surface area (Å²) >= 11 is 0. The van der Waals surface area contributed by atoms with Crippen LogP contribution in [0.2, 0.25) is 0 Å². The predicted octanol–water partition coefficient (Wildman–Crippen LogP) is 5.23. The molecule has 130 valence electrons. The molecule has 0 spiro atoms. The van der Waals surface area contributed by atoms with Gasteiger partial charge in [-0.15, -0.1) is 0 Å². The third kappa shape index (κ3) is 3.81. The number of rotatable bonds is 3. The van der Waals surface area contributed by atoms with Gasteiger partial charge in [0, 0.05) is 5.92 Å². The molecule has 0 radical (unpaired) electrons. The van der Waals surface area contributed by atoms with E-state index in [1.807, 2.05) is 6.92 Å². The number of amides is 1. The second-order valence-corrected chi connectivity index (χ2v) is 7.97. The number of carbonyl (C=O) groups is 1. The van der Waals surface area contributed by atoms with E-state index in [0.29, 0.717) is 5.92 Å². The maximum Gasteiger partial charge on any atom is 0.249 e. The van der Waals surface area contributed by atoms with Crippen molar-refractivity contribution in [2.24, 2.45) is 11.8 Å². The Morgan fingerprint density at radius 1 is 0.957 bits per heavy atom. The minimum Gasteiger partial charge on any atom is -0.285 e. The van der Waals surface area contributed by atoms with Crippen molar-refractivity contribution in [3.8, 4) is 0 Å². The molecule has 3 heteroatoms. The van der Waals surface area contributed by atoms with Crippen molar-refractivity contribution in [3.05, 3.63) is 11.1 Å². The molecular formula is C20H33NO2. The third-order valence-electron chi connectivity index (χ3n) is 6.50. The summed E-state index contributed by atoms with van der Waals surface area (Å²) in [5.41, 5.74) is 2.95. The normalized spacial score (nSPS) is 28.0. The lowest BCUT2D eigenvalue weighted by atomic mass is 9.80. The van der Waals surface area contributed by atoms with Crippen molar-refractivity contribution in [1.29, 1.82) is 0 Å². The number of carbonyl (C=O) groups excluding carboxylic acids is 1. The van der Waals surface area contributed by atoms with Gasteiger partial charge >= 0.3 is 0 Å². The number of hydrogen-bond donors (Lipinski definition) is 1. The van der Waals surface area contributed by atoms with E-state index in [4.69, 9.17) is 0 Å². The van der Waals surface area contributed by atoms with Gasteiger partial charge in [0.25, 0.3) is 0 Å². The molecule has 0 aromatic carbocycles. The van der Waals surface area contributed by atoms with Crippen LogP contribution in [0, 0.1) is 11.8 Å². The van der Waals surface area contributed by atoms with Crippen molar-refractivity contribution < 1.29 is 10.0 Å². The Labute approximate surface area is 141 Å². The summed E-state index contributed by atoms with van der Waals surface area (Å²) in [4.78, 5) is 12.9. The molecule has 1 saturated carbocycles. The number of allylic oxidation sites excluding steroid dienone is 1. The van der Waals surface area contributed by atoms with Crippen molar-refractivity contribution >= 4 is 5.91 Å². The average Bonchev–Trinajstić information content (AvgIpc) is 2.83. The first-order valence-electron chi connectivity index (χ1n) is 9.91. The van der Waals surface area contributed by atoms with Crippen LogP contribution < -0.4 is 0 Å². The van der Waals surface area contributed by atoms with E-state index in [1.54, 1.807) is 5.57 Å². The minimum absolute atomic E-state index is 0.0266. The molecule has 3 aliphatic carbocycles. The molecule has 0 aromatic heterocycles. The highest BCUT2D eigenvalue weighted by Gasteiger charge is 2.35. The zero-order valence-electron chi connectivity index (χ0n) is 14.7. The van der Waals surface area contributed by atoms with Crippen LogP contribution in [0.3, 0.4) is 0 Å². The predicted molar refractivity (Wildman–Crippen MR) is 92.1 cm³/mol. The second kappa shape index (κ2) is 7.83. The van der Waals surface area contributed by atoms with Crippen LogP contribution in [-0.4, -0.2) is 22.2 Å². The lowest BCUT2D eigenvalue weighted by molar-refractivity contribution is -0.180. The van der Waals surface area contributed by atoms with Crippen molar-refractivity contribution in [1.82, 2.24) is 5.06 Å². The minimum atomic E-state index is -0.0358. The van der Waals surface area contributed by atoms with E-state index >= 15 is 0 Å². The molecule has 23 heavy (non-hydrogen) atoms. The molecule has 2 atom stereocenters. The molecular weight excluding hydrogens is 286 g/mol. The van der Waals surface area contributed by atoms with Crippen molar-refractivity contribution in [2.75, 3.05) is 0 Å². The highest BCUT2D eigenvalue weighted by molar-refractivity contribution is 5.78. The molecule has 0 bridgehead atoms. The zero-order chi connectivity index (χ0) is 16.2. The molecule has 1 amide bonds.